The van der Waals surface area contributed by atoms with E-state index in [0.717, 1.165) is 31.0 Å². The summed E-state index contributed by atoms with van der Waals surface area (Å²) in [5.74, 6) is 1.72. The van der Waals surface area contributed by atoms with E-state index in [1.54, 1.807) is 0 Å². The van der Waals surface area contributed by atoms with Crippen LogP contribution in [-0.2, 0) is 4.74 Å². The first-order chi connectivity index (χ1) is 9.49. The van der Waals surface area contributed by atoms with Crippen molar-refractivity contribution in [3.63, 3.8) is 0 Å². The van der Waals surface area contributed by atoms with E-state index in [4.69, 9.17) is 4.74 Å². The molecule has 2 rings (SSSR count). The highest BCUT2D eigenvalue weighted by molar-refractivity contribution is 4.97. The molecule has 3 atom stereocenters. The SMILES string of the molecule is CNC1C(CN(CCOC)C(C)C2CC2)CCC1(C)C. The van der Waals surface area contributed by atoms with Gasteiger partial charge in [-0.25, -0.2) is 0 Å². The molecule has 2 aliphatic rings. The topological polar surface area (TPSA) is 24.5 Å². The normalized spacial score (nSPS) is 30.9. The second kappa shape index (κ2) is 6.76. The van der Waals surface area contributed by atoms with Crippen LogP contribution in [0.2, 0.25) is 0 Å². The summed E-state index contributed by atoms with van der Waals surface area (Å²) in [6, 6.07) is 1.38. The van der Waals surface area contributed by atoms with Gasteiger partial charge in [-0.05, 0) is 56.9 Å². The van der Waals surface area contributed by atoms with Crippen molar-refractivity contribution in [3.05, 3.63) is 0 Å². The molecule has 1 N–H and O–H groups in total. The zero-order valence-electron chi connectivity index (χ0n) is 14.1. The molecule has 3 nitrogen and oxygen atoms in total. The standard InChI is InChI=1S/C17H34N2O/c1-13(14-6-7-14)19(10-11-20-5)12-15-8-9-17(2,3)16(15)18-4/h13-16,18H,6-12H2,1-5H3. The molecular weight excluding hydrogens is 248 g/mol. The van der Waals surface area contributed by atoms with Gasteiger partial charge in [0.15, 0.2) is 0 Å². The van der Waals surface area contributed by atoms with Gasteiger partial charge in [0, 0.05) is 32.3 Å². The highest BCUT2D eigenvalue weighted by Crippen LogP contribution is 2.42. The molecule has 0 aromatic carbocycles. The number of ether oxygens (including phenoxy) is 1. The molecule has 0 aromatic heterocycles. The Labute approximate surface area is 125 Å². The van der Waals surface area contributed by atoms with Crippen molar-refractivity contribution < 1.29 is 4.74 Å². The second-order valence-corrected chi connectivity index (χ2v) is 7.62. The molecule has 0 spiro atoms. The molecule has 0 aromatic rings. The predicted molar refractivity (Wildman–Crippen MR) is 85.0 cm³/mol. The number of hydrogen-bond donors (Lipinski definition) is 1. The lowest BCUT2D eigenvalue weighted by Crippen LogP contribution is -2.47. The van der Waals surface area contributed by atoms with Crippen LogP contribution < -0.4 is 5.32 Å². The Kier molecular flexibility index (Phi) is 5.49. The van der Waals surface area contributed by atoms with Gasteiger partial charge in [-0.3, -0.25) is 4.90 Å². The fourth-order valence-electron chi connectivity index (χ4n) is 4.19. The van der Waals surface area contributed by atoms with E-state index in [2.05, 4.69) is 38.0 Å². The first kappa shape index (κ1) is 16.3. The number of nitrogens with zero attached hydrogens (tertiary/aromatic N) is 1. The summed E-state index contributed by atoms with van der Waals surface area (Å²) >= 11 is 0. The zero-order valence-corrected chi connectivity index (χ0v) is 14.1. The summed E-state index contributed by atoms with van der Waals surface area (Å²) in [6.07, 6.45) is 5.56. The Morgan fingerprint density at radius 3 is 2.55 bits per heavy atom. The third-order valence-corrected chi connectivity index (χ3v) is 5.72. The fraction of sp³-hybridized carbons (Fsp3) is 1.00. The molecule has 3 unspecified atom stereocenters. The van der Waals surface area contributed by atoms with Crippen LogP contribution in [-0.4, -0.2) is 50.8 Å². The van der Waals surface area contributed by atoms with Crippen molar-refractivity contribution in [1.29, 1.82) is 0 Å². The Bertz CT molecular complexity index is 301. The Balaban J connectivity index is 1.95. The third-order valence-electron chi connectivity index (χ3n) is 5.72. The molecule has 0 saturated heterocycles. The summed E-state index contributed by atoms with van der Waals surface area (Å²) in [6.45, 7) is 10.4. The summed E-state index contributed by atoms with van der Waals surface area (Å²) in [5.41, 5.74) is 0.440. The average Bonchev–Trinajstić information content (AvgIpc) is 3.20. The van der Waals surface area contributed by atoms with Gasteiger partial charge in [-0.1, -0.05) is 13.8 Å². The molecule has 0 amide bonds. The minimum absolute atomic E-state index is 0.440. The minimum Gasteiger partial charge on any atom is -0.383 e. The van der Waals surface area contributed by atoms with Crippen LogP contribution in [0.15, 0.2) is 0 Å². The van der Waals surface area contributed by atoms with Gasteiger partial charge in [0.2, 0.25) is 0 Å². The largest absolute Gasteiger partial charge is 0.383 e. The van der Waals surface area contributed by atoms with Crippen LogP contribution in [0.1, 0.15) is 46.5 Å². The molecule has 0 radical (unpaired) electrons. The van der Waals surface area contributed by atoms with Gasteiger partial charge in [0.25, 0.3) is 0 Å². The number of methoxy groups -OCH3 is 1. The second-order valence-electron chi connectivity index (χ2n) is 7.62. The number of nitrogens with one attached hydrogen (secondary N) is 1. The smallest absolute Gasteiger partial charge is 0.0589 e. The molecular formula is C17H34N2O. The van der Waals surface area contributed by atoms with Crippen LogP contribution >= 0.6 is 0 Å². The third kappa shape index (κ3) is 3.75. The molecule has 3 heteroatoms. The summed E-state index contributed by atoms with van der Waals surface area (Å²) in [4.78, 5) is 2.69. The van der Waals surface area contributed by atoms with E-state index in [1.165, 1.54) is 32.2 Å². The van der Waals surface area contributed by atoms with E-state index in [9.17, 15) is 0 Å². The van der Waals surface area contributed by atoms with E-state index in [0.29, 0.717) is 11.5 Å². The lowest BCUT2D eigenvalue weighted by Gasteiger charge is -2.36. The van der Waals surface area contributed by atoms with Crippen molar-refractivity contribution in [2.75, 3.05) is 33.9 Å². The minimum atomic E-state index is 0.440. The van der Waals surface area contributed by atoms with E-state index in [1.807, 2.05) is 7.11 Å². The number of rotatable bonds is 8. The molecule has 2 aliphatic carbocycles. The van der Waals surface area contributed by atoms with E-state index in [-0.39, 0.29) is 0 Å². The van der Waals surface area contributed by atoms with Gasteiger partial charge in [0.05, 0.1) is 6.61 Å². The fourth-order valence-corrected chi connectivity index (χ4v) is 4.19. The predicted octanol–water partition coefficient (Wildman–Crippen LogP) is 2.76. The van der Waals surface area contributed by atoms with Crippen molar-refractivity contribution in [1.82, 2.24) is 10.2 Å². The van der Waals surface area contributed by atoms with E-state index < -0.39 is 0 Å². The van der Waals surface area contributed by atoms with Crippen LogP contribution in [0.3, 0.4) is 0 Å². The van der Waals surface area contributed by atoms with Crippen LogP contribution in [0.4, 0.5) is 0 Å². The van der Waals surface area contributed by atoms with Gasteiger partial charge in [-0.2, -0.15) is 0 Å². The molecule has 2 fully saturated rings. The summed E-state index contributed by atoms with van der Waals surface area (Å²) in [7, 11) is 3.95. The summed E-state index contributed by atoms with van der Waals surface area (Å²) < 4.78 is 5.32. The molecule has 20 heavy (non-hydrogen) atoms. The maximum Gasteiger partial charge on any atom is 0.0589 e. The van der Waals surface area contributed by atoms with Crippen molar-refractivity contribution in [2.24, 2.45) is 17.3 Å². The van der Waals surface area contributed by atoms with Crippen molar-refractivity contribution in [2.45, 2.75) is 58.5 Å². The quantitative estimate of drug-likeness (QED) is 0.741. The Hall–Kier alpha value is -0.120. The van der Waals surface area contributed by atoms with Crippen molar-refractivity contribution >= 4 is 0 Å². The maximum atomic E-state index is 5.32. The molecule has 2 saturated carbocycles. The van der Waals surface area contributed by atoms with Gasteiger partial charge >= 0.3 is 0 Å². The summed E-state index contributed by atoms with van der Waals surface area (Å²) in [5, 5.41) is 3.59. The zero-order chi connectivity index (χ0) is 14.8. The molecule has 0 aliphatic heterocycles. The van der Waals surface area contributed by atoms with Gasteiger partial charge in [0.1, 0.15) is 0 Å². The average molecular weight is 282 g/mol. The molecule has 0 heterocycles. The lowest BCUT2D eigenvalue weighted by atomic mass is 9.84. The highest BCUT2D eigenvalue weighted by atomic mass is 16.5. The molecule has 118 valence electrons. The first-order valence-electron chi connectivity index (χ1n) is 8.40. The first-order valence-corrected chi connectivity index (χ1v) is 8.40. The van der Waals surface area contributed by atoms with Crippen molar-refractivity contribution in [3.8, 4) is 0 Å². The lowest BCUT2D eigenvalue weighted by molar-refractivity contribution is 0.0950. The van der Waals surface area contributed by atoms with Crippen LogP contribution in [0.5, 0.6) is 0 Å². The monoisotopic (exact) mass is 282 g/mol. The van der Waals surface area contributed by atoms with Gasteiger partial charge in [-0.15, -0.1) is 0 Å². The van der Waals surface area contributed by atoms with Gasteiger partial charge < -0.3 is 10.1 Å². The number of hydrogen-bond acceptors (Lipinski definition) is 3. The van der Waals surface area contributed by atoms with Crippen LogP contribution in [0, 0.1) is 17.3 Å². The van der Waals surface area contributed by atoms with E-state index >= 15 is 0 Å². The Morgan fingerprint density at radius 1 is 1.30 bits per heavy atom. The highest BCUT2D eigenvalue weighted by Gasteiger charge is 2.42. The maximum absolute atomic E-state index is 5.32. The Morgan fingerprint density at radius 2 is 2.00 bits per heavy atom. The van der Waals surface area contributed by atoms with Crippen LogP contribution in [0.25, 0.3) is 0 Å². The molecule has 0 bridgehead atoms.